The Labute approximate surface area is 131 Å². The van der Waals surface area contributed by atoms with Crippen molar-refractivity contribution in [2.45, 2.75) is 26.2 Å². The van der Waals surface area contributed by atoms with Crippen LogP contribution in [0.25, 0.3) is 0 Å². The molecule has 1 aliphatic rings. The molecule has 1 heterocycles. The van der Waals surface area contributed by atoms with Crippen LogP contribution in [0.15, 0.2) is 41.6 Å². The first kappa shape index (κ1) is 16.5. The van der Waals surface area contributed by atoms with Gasteiger partial charge in [0.15, 0.2) is 0 Å². The number of nitrogens with zero attached hydrogens (tertiary/aromatic N) is 2. The number of allylic oxidation sites excluding steroid dienone is 1. The van der Waals surface area contributed by atoms with Crippen molar-refractivity contribution >= 4 is 0 Å². The Morgan fingerprint density at radius 3 is 2.50 bits per heavy atom. The largest absolute Gasteiger partial charge is 0.378 e. The number of benzene rings is 1. The Morgan fingerprint density at radius 1 is 1.32 bits per heavy atom. The maximum Gasteiger partial charge on any atom is 0.214 e. The average molecular weight is 304 g/mol. The van der Waals surface area contributed by atoms with Crippen LogP contribution in [0.2, 0.25) is 0 Å². The zero-order chi connectivity index (χ0) is 15.9. The summed E-state index contributed by atoms with van der Waals surface area (Å²) in [5.74, 6) is -0.172. The maximum absolute atomic E-state index is 11.1. The van der Waals surface area contributed by atoms with E-state index in [1.165, 1.54) is 5.70 Å². The summed E-state index contributed by atoms with van der Waals surface area (Å²) in [6, 6.07) is 9.77. The van der Waals surface area contributed by atoms with E-state index in [1.54, 1.807) is 0 Å². The summed E-state index contributed by atoms with van der Waals surface area (Å²) in [7, 11) is 0. The van der Waals surface area contributed by atoms with Crippen molar-refractivity contribution in [2.24, 2.45) is 0 Å². The van der Waals surface area contributed by atoms with Gasteiger partial charge in [0.05, 0.1) is 19.1 Å². The molecule has 1 unspecified atom stereocenters. The number of hydrogen-bond acceptors (Lipinski definition) is 4. The average Bonchev–Trinajstić information content (AvgIpc) is 2.55. The Bertz CT molecular complexity index is 522. The lowest BCUT2D eigenvalue weighted by molar-refractivity contribution is -0.482. The van der Waals surface area contributed by atoms with Crippen LogP contribution >= 0.6 is 0 Å². The quantitative estimate of drug-likeness (QED) is 0.598. The smallest absolute Gasteiger partial charge is 0.214 e. The molecule has 0 spiro atoms. The fourth-order valence-corrected chi connectivity index (χ4v) is 3.11. The van der Waals surface area contributed by atoms with Crippen LogP contribution in [0.3, 0.4) is 0 Å². The molecule has 1 saturated heterocycles. The van der Waals surface area contributed by atoms with Gasteiger partial charge in [-0.1, -0.05) is 37.3 Å². The molecule has 1 atom stereocenters. The lowest BCUT2D eigenvalue weighted by Gasteiger charge is -2.33. The summed E-state index contributed by atoms with van der Waals surface area (Å²) >= 11 is 0. The highest BCUT2D eigenvalue weighted by Gasteiger charge is 2.24. The summed E-state index contributed by atoms with van der Waals surface area (Å²) in [5.41, 5.74) is 3.34. The molecule has 0 aliphatic carbocycles. The SMILES string of the molecule is CC/C(=C(\C)C(C[N+](=O)[O-])c1ccccc1)N1CCOCC1. The van der Waals surface area contributed by atoms with Crippen molar-refractivity contribution in [3.8, 4) is 0 Å². The van der Waals surface area contributed by atoms with Gasteiger partial charge in [-0.2, -0.15) is 0 Å². The predicted molar refractivity (Wildman–Crippen MR) is 86.4 cm³/mol. The van der Waals surface area contributed by atoms with Crippen LogP contribution in [-0.2, 0) is 4.74 Å². The molecular weight excluding hydrogens is 280 g/mol. The van der Waals surface area contributed by atoms with E-state index in [0.29, 0.717) is 0 Å². The number of rotatable bonds is 6. The van der Waals surface area contributed by atoms with Crippen molar-refractivity contribution in [3.05, 3.63) is 57.3 Å². The Hall–Kier alpha value is -1.88. The minimum absolute atomic E-state index is 0.0658. The Kier molecular flexibility index (Phi) is 5.95. The van der Waals surface area contributed by atoms with Crippen LogP contribution in [-0.4, -0.2) is 42.7 Å². The van der Waals surface area contributed by atoms with E-state index in [-0.39, 0.29) is 17.4 Å². The minimum atomic E-state index is -0.215. The van der Waals surface area contributed by atoms with Crippen LogP contribution in [0, 0.1) is 10.1 Å². The molecule has 1 fully saturated rings. The number of morpholine rings is 1. The van der Waals surface area contributed by atoms with Gasteiger partial charge in [0.25, 0.3) is 0 Å². The lowest BCUT2D eigenvalue weighted by Crippen LogP contribution is -2.36. The first-order valence-corrected chi connectivity index (χ1v) is 7.82. The normalized spacial score (nSPS) is 17.8. The summed E-state index contributed by atoms with van der Waals surface area (Å²) < 4.78 is 5.41. The predicted octanol–water partition coefficient (Wildman–Crippen LogP) is 3.06. The molecule has 1 aliphatic heterocycles. The molecule has 0 saturated carbocycles. The molecule has 0 aromatic heterocycles. The molecule has 1 aromatic rings. The third kappa shape index (κ3) is 4.07. The van der Waals surface area contributed by atoms with E-state index in [1.807, 2.05) is 37.3 Å². The van der Waals surface area contributed by atoms with Crippen LogP contribution < -0.4 is 0 Å². The molecule has 5 heteroatoms. The van der Waals surface area contributed by atoms with Gasteiger partial charge in [-0.05, 0) is 24.5 Å². The topological polar surface area (TPSA) is 55.6 Å². The number of hydrogen-bond donors (Lipinski definition) is 0. The van der Waals surface area contributed by atoms with Gasteiger partial charge in [-0.3, -0.25) is 10.1 Å². The highest BCUT2D eigenvalue weighted by molar-refractivity contribution is 5.31. The third-order valence-electron chi connectivity index (χ3n) is 4.24. The van der Waals surface area contributed by atoms with Gasteiger partial charge < -0.3 is 9.64 Å². The van der Waals surface area contributed by atoms with Crippen molar-refractivity contribution in [1.29, 1.82) is 0 Å². The van der Waals surface area contributed by atoms with Crippen molar-refractivity contribution in [3.63, 3.8) is 0 Å². The van der Waals surface area contributed by atoms with Gasteiger partial charge in [0.2, 0.25) is 6.54 Å². The lowest BCUT2D eigenvalue weighted by atomic mass is 9.89. The van der Waals surface area contributed by atoms with E-state index in [9.17, 15) is 10.1 Å². The molecule has 2 rings (SSSR count). The molecule has 1 aromatic carbocycles. The van der Waals surface area contributed by atoms with E-state index >= 15 is 0 Å². The van der Waals surface area contributed by atoms with Crippen molar-refractivity contribution in [2.75, 3.05) is 32.8 Å². The van der Waals surface area contributed by atoms with Crippen molar-refractivity contribution < 1.29 is 9.66 Å². The monoisotopic (exact) mass is 304 g/mol. The molecule has 0 radical (unpaired) electrons. The second kappa shape index (κ2) is 7.94. The van der Waals surface area contributed by atoms with Gasteiger partial charge in [-0.15, -0.1) is 0 Å². The Morgan fingerprint density at radius 2 is 1.95 bits per heavy atom. The minimum Gasteiger partial charge on any atom is -0.378 e. The molecule has 22 heavy (non-hydrogen) atoms. The van der Waals surface area contributed by atoms with E-state index < -0.39 is 0 Å². The van der Waals surface area contributed by atoms with Crippen molar-refractivity contribution in [1.82, 2.24) is 4.90 Å². The summed E-state index contributed by atoms with van der Waals surface area (Å²) in [5, 5.41) is 11.1. The molecule has 120 valence electrons. The first-order valence-electron chi connectivity index (χ1n) is 7.82. The summed E-state index contributed by atoms with van der Waals surface area (Å²) in [4.78, 5) is 13.2. The molecule has 5 nitrogen and oxygen atoms in total. The molecule has 0 amide bonds. The Balaban J connectivity index is 2.34. The van der Waals surface area contributed by atoms with Gasteiger partial charge in [-0.25, -0.2) is 0 Å². The summed E-state index contributed by atoms with van der Waals surface area (Å²) in [6.45, 7) is 7.26. The second-order valence-electron chi connectivity index (χ2n) is 5.56. The van der Waals surface area contributed by atoms with E-state index in [2.05, 4.69) is 11.8 Å². The van der Waals surface area contributed by atoms with Crippen LogP contribution in [0.1, 0.15) is 31.7 Å². The number of nitro groups is 1. The maximum atomic E-state index is 11.1. The van der Waals surface area contributed by atoms with Gasteiger partial charge in [0.1, 0.15) is 0 Å². The first-order chi connectivity index (χ1) is 10.6. The van der Waals surface area contributed by atoms with Crippen LogP contribution in [0.4, 0.5) is 0 Å². The fraction of sp³-hybridized carbons (Fsp3) is 0.529. The van der Waals surface area contributed by atoms with Gasteiger partial charge >= 0.3 is 0 Å². The number of ether oxygens (including phenoxy) is 1. The third-order valence-corrected chi connectivity index (χ3v) is 4.24. The zero-order valence-corrected chi connectivity index (χ0v) is 13.3. The molecule has 0 bridgehead atoms. The standard InChI is InChI=1S/C17H24N2O3/c1-3-17(18-9-11-22-12-10-18)14(2)16(13-19(20)21)15-7-5-4-6-8-15/h4-8,16H,3,9-13H2,1-2H3/b17-14-. The molecule has 0 N–H and O–H groups in total. The highest BCUT2D eigenvalue weighted by Crippen LogP contribution is 2.29. The van der Waals surface area contributed by atoms with Crippen LogP contribution in [0.5, 0.6) is 0 Å². The summed E-state index contributed by atoms with van der Waals surface area (Å²) in [6.07, 6.45) is 0.882. The van der Waals surface area contributed by atoms with E-state index in [0.717, 1.165) is 43.9 Å². The highest BCUT2D eigenvalue weighted by atomic mass is 16.6. The van der Waals surface area contributed by atoms with Gasteiger partial charge in [0, 0.05) is 23.7 Å². The zero-order valence-electron chi connectivity index (χ0n) is 13.3. The molecular formula is C17H24N2O3. The van der Waals surface area contributed by atoms with E-state index in [4.69, 9.17) is 4.74 Å². The fourth-order valence-electron chi connectivity index (χ4n) is 3.11. The second-order valence-corrected chi connectivity index (χ2v) is 5.56.